The molecule has 0 bridgehead atoms. The minimum atomic E-state index is -0.226. The molecule has 1 heteroatoms. The quantitative estimate of drug-likeness (QED) is 0.575. The maximum atomic E-state index is 9.50. The Morgan fingerprint density at radius 2 is 2.09 bits per heavy atom. The molecule has 1 aliphatic rings. The van der Waals surface area contributed by atoms with Gasteiger partial charge in [0.15, 0.2) is 0 Å². The molecule has 2 atom stereocenters. The van der Waals surface area contributed by atoms with Crippen LogP contribution in [0.3, 0.4) is 0 Å². The van der Waals surface area contributed by atoms with Crippen molar-refractivity contribution in [2.75, 3.05) is 0 Å². The molecule has 1 aliphatic carbocycles. The van der Waals surface area contributed by atoms with Crippen molar-refractivity contribution in [2.45, 2.75) is 39.2 Å². The zero-order chi connectivity index (χ0) is 8.43. The number of rotatable bonds is 1. The Bertz CT molecular complexity index is 149. The van der Waals surface area contributed by atoms with Crippen LogP contribution in [0.1, 0.15) is 33.1 Å². The van der Waals surface area contributed by atoms with Crippen molar-refractivity contribution < 1.29 is 5.11 Å². The van der Waals surface area contributed by atoms with Crippen molar-refractivity contribution in [3.05, 3.63) is 12.2 Å². The number of hydrogen-bond acceptors (Lipinski definition) is 1. The Kier molecular flexibility index (Phi) is 2.72. The van der Waals surface area contributed by atoms with E-state index in [0.717, 1.165) is 18.4 Å². The van der Waals surface area contributed by atoms with Crippen LogP contribution in [-0.4, -0.2) is 11.2 Å². The van der Waals surface area contributed by atoms with E-state index in [1.165, 1.54) is 6.42 Å². The highest BCUT2D eigenvalue weighted by molar-refractivity contribution is 5.10. The molecule has 1 fully saturated rings. The van der Waals surface area contributed by atoms with Gasteiger partial charge in [-0.2, -0.15) is 0 Å². The minimum absolute atomic E-state index is 0.226. The summed E-state index contributed by atoms with van der Waals surface area (Å²) < 4.78 is 0. The molecule has 0 spiro atoms. The average Bonchev–Trinajstić information content (AvgIpc) is 1.94. The van der Waals surface area contributed by atoms with Gasteiger partial charge in [-0.05, 0) is 36.7 Å². The second-order valence-electron chi connectivity index (χ2n) is 3.87. The van der Waals surface area contributed by atoms with E-state index in [2.05, 4.69) is 20.4 Å². The predicted molar refractivity (Wildman–Crippen MR) is 47.3 cm³/mol. The summed E-state index contributed by atoms with van der Waals surface area (Å²) in [5.74, 6) is 1.19. The van der Waals surface area contributed by atoms with Crippen molar-refractivity contribution in [2.24, 2.45) is 11.8 Å². The summed E-state index contributed by atoms with van der Waals surface area (Å²) in [4.78, 5) is 0. The highest BCUT2D eigenvalue weighted by atomic mass is 16.3. The van der Waals surface area contributed by atoms with Gasteiger partial charge in [0.25, 0.3) is 0 Å². The van der Waals surface area contributed by atoms with E-state index in [1.54, 1.807) is 0 Å². The van der Waals surface area contributed by atoms with Crippen LogP contribution < -0.4 is 0 Å². The Hall–Kier alpha value is -0.300. The van der Waals surface area contributed by atoms with Crippen LogP contribution in [0.5, 0.6) is 0 Å². The third kappa shape index (κ3) is 1.84. The van der Waals surface area contributed by atoms with Gasteiger partial charge >= 0.3 is 0 Å². The van der Waals surface area contributed by atoms with Gasteiger partial charge in [-0.1, -0.05) is 20.4 Å². The van der Waals surface area contributed by atoms with Crippen LogP contribution in [0.25, 0.3) is 0 Å². The molecule has 11 heavy (non-hydrogen) atoms. The van der Waals surface area contributed by atoms with E-state index in [4.69, 9.17) is 0 Å². The third-order valence-corrected chi connectivity index (χ3v) is 2.70. The van der Waals surface area contributed by atoms with Gasteiger partial charge in [-0.25, -0.2) is 0 Å². The van der Waals surface area contributed by atoms with Crippen molar-refractivity contribution in [3.63, 3.8) is 0 Å². The summed E-state index contributed by atoms with van der Waals surface area (Å²) in [6.07, 6.45) is 3.06. The maximum absolute atomic E-state index is 9.50. The molecule has 0 aromatic carbocycles. The molecule has 0 heterocycles. The lowest BCUT2D eigenvalue weighted by molar-refractivity contribution is 0.148. The van der Waals surface area contributed by atoms with Gasteiger partial charge in [0.2, 0.25) is 0 Å². The van der Waals surface area contributed by atoms with E-state index in [0.29, 0.717) is 11.8 Å². The maximum Gasteiger partial charge on any atom is 0.0750 e. The molecule has 0 amide bonds. The van der Waals surface area contributed by atoms with Crippen LogP contribution in [0, 0.1) is 11.8 Å². The van der Waals surface area contributed by atoms with Crippen molar-refractivity contribution in [1.29, 1.82) is 0 Å². The molecule has 0 aromatic rings. The fourth-order valence-electron chi connectivity index (χ4n) is 1.91. The SMILES string of the molecule is C=C1[C@@H](O)CCC[C@@H]1C(C)C. The molecule has 0 unspecified atom stereocenters. The van der Waals surface area contributed by atoms with Gasteiger partial charge in [-0.15, -0.1) is 0 Å². The molecule has 1 rings (SSSR count). The highest BCUT2D eigenvalue weighted by Crippen LogP contribution is 2.33. The predicted octanol–water partition coefficient (Wildman–Crippen LogP) is 2.36. The first-order chi connectivity index (χ1) is 5.13. The van der Waals surface area contributed by atoms with Crippen LogP contribution >= 0.6 is 0 Å². The summed E-state index contributed by atoms with van der Waals surface area (Å²) >= 11 is 0. The lowest BCUT2D eigenvalue weighted by Gasteiger charge is -2.31. The van der Waals surface area contributed by atoms with Gasteiger partial charge in [0.1, 0.15) is 0 Å². The van der Waals surface area contributed by atoms with Crippen molar-refractivity contribution >= 4 is 0 Å². The Morgan fingerprint density at radius 3 is 2.55 bits per heavy atom. The van der Waals surface area contributed by atoms with Crippen LogP contribution in [-0.2, 0) is 0 Å². The molecular weight excluding hydrogens is 136 g/mol. The van der Waals surface area contributed by atoms with Gasteiger partial charge in [0, 0.05) is 0 Å². The third-order valence-electron chi connectivity index (χ3n) is 2.70. The lowest BCUT2D eigenvalue weighted by atomic mass is 9.77. The zero-order valence-electron chi connectivity index (χ0n) is 7.51. The molecule has 1 saturated carbocycles. The van der Waals surface area contributed by atoms with Crippen LogP contribution in [0.2, 0.25) is 0 Å². The fourth-order valence-corrected chi connectivity index (χ4v) is 1.91. The molecule has 0 saturated heterocycles. The average molecular weight is 154 g/mol. The monoisotopic (exact) mass is 154 g/mol. The summed E-state index contributed by atoms with van der Waals surface area (Å²) in [6, 6.07) is 0. The van der Waals surface area contributed by atoms with Crippen molar-refractivity contribution in [3.8, 4) is 0 Å². The largest absolute Gasteiger partial charge is 0.389 e. The van der Waals surface area contributed by atoms with E-state index >= 15 is 0 Å². The first-order valence-electron chi connectivity index (χ1n) is 4.49. The summed E-state index contributed by atoms with van der Waals surface area (Å²) in [6.45, 7) is 8.35. The Balaban J connectivity index is 2.58. The zero-order valence-corrected chi connectivity index (χ0v) is 7.51. The fraction of sp³-hybridized carbons (Fsp3) is 0.800. The van der Waals surface area contributed by atoms with Crippen LogP contribution in [0.15, 0.2) is 12.2 Å². The second kappa shape index (κ2) is 3.40. The molecular formula is C10H18O. The highest BCUT2D eigenvalue weighted by Gasteiger charge is 2.25. The van der Waals surface area contributed by atoms with Crippen LogP contribution in [0.4, 0.5) is 0 Å². The normalized spacial score (nSPS) is 32.9. The minimum Gasteiger partial charge on any atom is -0.389 e. The number of aliphatic hydroxyl groups excluding tert-OH is 1. The standard InChI is InChI=1S/C10H18O/c1-7(2)9-5-4-6-10(11)8(9)3/h7,9-11H,3-6H2,1-2H3/t9-,10+/m1/s1. The molecule has 0 aliphatic heterocycles. The molecule has 1 nitrogen and oxygen atoms in total. The van der Waals surface area contributed by atoms with E-state index < -0.39 is 0 Å². The Morgan fingerprint density at radius 1 is 1.45 bits per heavy atom. The molecule has 64 valence electrons. The lowest BCUT2D eigenvalue weighted by Crippen LogP contribution is -2.25. The second-order valence-corrected chi connectivity index (χ2v) is 3.87. The molecule has 0 aromatic heterocycles. The first kappa shape index (κ1) is 8.79. The molecule has 1 N–H and O–H groups in total. The summed E-state index contributed by atoms with van der Waals surface area (Å²) in [7, 11) is 0. The first-order valence-corrected chi connectivity index (χ1v) is 4.49. The van der Waals surface area contributed by atoms with Gasteiger partial charge in [0.05, 0.1) is 6.10 Å². The summed E-state index contributed by atoms with van der Waals surface area (Å²) in [5.41, 5.74) is 1.06. The molecule has 0 radical (unpaired) electrons. The Labute approximate surface area is 69.1 Å². The van der Waals surface area contributed by atoms with Gasteiger partial charge in [-0.3, -0.25) is 0 Å². The summed E-state index contributed by atoms with van der Waals surface area (Å²) in [5, 5.41) is 9.50. The van der Waals surface area contributed by atoms with E-state index in [1.807, 2.05) is 0 Å². The van der Waals surface area contributed by atoms with E-state index in [9.17, 15) is 5.11 Å². The van der Waals surface area contributed by atoms with Crippen molar-refractivity contribution in [1.82, 2.24) is 0 Å². The smallest absolute Gasteiger partial charge is 0.0750 e. The topological polar surface area (TPSA) is 20.2 Å². The number of aliphatic hydroxyl groups is 1. The van der Waals surface area contributed by atoms with E-state index in [-0.39, 0.29) is 6.10 Å². The number of hydrogen-bond donors (Lipinski definition) is 1. The van der Waals surface area contributed by atoms with Gasteiger partial charge < -0.3 is 5.11 Å².